The van der Waals surface area contributed by atoms with Gasteiger partial charge in [0, 0.05) is 9.50 Å². The molecule has 0 saturated carbocycles. The van der Waals surface area contributed by atoms with Gasteiger partial charge in [-0.1, -0.05) is 63.1 Å². The predicted octanol–water partition coefficient (Wildman–Crippen LogP) is 5.81. The summed E-state index contributed by atoms with van der Waals surface area (Å²) in [5.41, 5.74) is 2.86. The predicted molar refractivity (Wildman–Crippen MR) is 170 cm³/mol. The molecule has 1 aromatic heterocycles. The molecule has 1 atom stereocenters. The monoisotopic (exact) mass is 682 g/mol. The van der Waals surface area contributed by atoms with Gasteiger partial charge in [-0.05, 0) is 73.0 Å². The number of esters is 1. The molecule has 3 aromatic carbocycles. The van der Waals surface area contributed by atoms with Crippen molar-refractivity contribution in [2.24, 2.45) is 4.99 Å². The highest BCUT2D eigenvalue weighted by molar-refractivity contribution is 9.10. The third kappa shape index (κ3) is 6.41. The summed E-state index contributed by atoms with van der Waals surface area (Å²) < 4.78 is 24.9. The average Bonchev–Trinajstić information content (AvgIpc) is 3.29. The van der Waals surface area contributed by atoms with E-state index >= 15 is 0 Å². The Morgan fingerprint density at radius 1 is 1.09 bits per heavy atom. The highest BCUT2D eigenvalue weighted by Crippen LogP contribution is 2.40. The molecule has 0 saturated heterocycles. The highest BCUT2D eigenvalue weighted by Gasteiger charge is 2.35. The van der Waals surface area contributed by atoms with Crippen molar-refractivity contribution in [3.63, 3.8) is 0 Å². The van der Waals surface area contributed by atoms with Gasteiger partial charge in [-0.2, -0.15) is 0 Å². The Morgan fingerprint density at radius 2 is 1.81 bits per heavy atom. The number of halogens is 2. The first kappa shape index (κ1) is 30.6. The van der Waals surface area contributed by atoms with E-state index in [0.717, 1.165) is 11.1 Å². The number of methoxy groups -OCH3 is 2. The maximum atomic E-state index is 14.0. The smallest absolute Gasteiger partial charge is 0.338 e. The van der Waals surface area contributed by atoms with Gasteiger partial charge < -0.3 is 18.9 Å². The number of allylic oxidation sites excluding steroid dienone is 1. The number of aromatic nitrogens is 1. The van der Waals surface area contributed by atoms with E-state index in [4.69, 9.17) is 30.5 Å². The second-order valence-corrected chi connectivity index (χ2v) is 11.8. The lowest BCUT2D eigenvalue weighted by molar-refractivity contribution is -0.139. The fourth-order valence-corrected chi connectivity index (χ4v) is 6.57. The van der Waals surface area contributed by atoms with Crippen molar-refractivity contribution in [3.05, 3.63) is 118 Å². The third-order valence-corrected chi connectivity index (χ3v) is 8.69. The van der Waals surface area contributed by atoms with Crippen molar-refractivity contribution in [3.8, 4) is 17.2 Å². The minimum Gasteiger partial charge on any atom is -0.493 e. The van der Waals surface area contributed by atoms with Crippen LogP contribution in [0.5, 0.6) is 17.2 Å². The maximum absolute atomic E-state index is 14.0. The Labute approximate surface area is 265 Å². The Hall–Kier alpha value is -3.86. The molecule has 1 aliphatic rings. The number of carbonyl (C=O) groups is 1. The molecular weight excluding hydrogens is 656 g/mol. The fraction of sp³-hybridized carbons (Fsp3) is 0.219. The van der Waals surface area contributed by atoms with Gasteiger partial charge in [0.25, 0.3) is 5.56 Å². The molecule has 0 unspecified atom stereocenters. The van der Waals surface area contributed by atoms with Gasteiger partial charge >= 0.3 is 5.97 Å². The average molecular weight is 684 g/mol. The molecule has 5 rings (SSSR count). The van der Waals surface area contributed by atoms with Crippen LogP contribution in [0.15, 0.2) is 86.2 Å². The molecule has 4 aromatic rings. The topological polar surface area (TPSA) is 88.4 Å². The van der Waals surface area contributed by atoms with Crippen LogP contribution in [0.3, 0.4) is 0 Å². The fourth-order valence-electron chi connectivity index (χ4n) is 4.77. The standard InChI is InChI=1S/C32H28BrClN2O6S/c1-5-41-31(38)28-18(2)35-32-36(29(28)23-15-25(39-3)26(40-4)16-24(23)33)30(37)27(43-32)14-19-9-11-22(12-10-19)42-17-20-7-6-8-21(34)13-20/h6-16,29H,5,17H2,1-4H3/b27-14-/t29-/m0/s1. The summed E-state index contributed by atoms with van der Waals surface area (Å²) in [7, 11) is 3.07. The quantitative estimate of drug-likeness (QED) is 0.207. The van der Waals surface area contributed by atoms with Crippen LogP contribution in [0, 0.1) is 0 Å². The van der Waals surface area contributed by atoms with E-state index in [1.165, 1.54) is 23.0 Å². The van der Waals surface area contributed by atoms with Crippen LogP contribution < -0.4 is 29.1 Å². The van der Waals surface area contributed by atoms with E-state index in [0.29, 0.717) is 53.9 Å². The number of hydrogen-bond donors (Lipinski definition) is 0. The van der Waals surface area contributed by atoms with E-state index in [1.807, 2.05) is 48.5 Å². The summed E-state index contributed by atoms with van der Waals surface area (Å²) >= 11 is 10.9. The first-order chi connectivity index (χ1) is 20.7. The van der Waals surface area contributed by atoms with Crippen molar-refractivity contribution in [1.29, 1.82) is 0 Å². The number of ether oxygens (including phenoxy) is 4. The summed E-state index contributed by atoms with van der Waals surface area (Å²) in [6.07, 6.45) is 1.80. The van der Waals surface area contributed by atoms with Gasteiger partial charge in [0.1, 0.15) is 12.4 Å². The number of benzene rings is 3. The molecule has 0 spiro atoms. The first-order valence-electron chi connectivity index (χ1n) is 13.3. The maximum Gasteiger partial charge on any atom is 0.338 e. The molecule has 0 fully saturated rings. The zero-order valence-electron chi connectivity index (χ0n) is 23.9. The molecule has 2 heterocycles. The van der Waals surface area contributed by atoms with E-state index in [2.05, 4.69) is 20.9 Å². The van der Waals surface area contributed by atoms with Crippen molar-refractivity contribution in [2.75, 3.05) is 20.8 Å². The first-order valence-corrected chi connectivity index (χ1v) is 15.3. The number of thiazole rings is 1. The van der Waals surface area contributed by atoms with Crippen molar-refractivity contribution in [1.82, 2.24) is 4.57 Å². The molecule has 43 heavy (non-hydrogen) atoms. The molecule has 8 nitrogen and oxygen atoms in total. The molecule has 0 N–H and O–H groups in total. The van der Waals surface area contributed by atoms with Crippen molar-refractivity contribution < 1.29 is 23.7 Å². The van der Waals surface area contributed by atoms with Gasteiger partial charge in [0.05, 0.1) is 42.7 Å². The molecule has 0 bridgehead atoms. The summed E-state index contributed by atoms with van der Waals surface area (Å²) in [5, 5.41) is 0.656. The van der Waals surface area contributed by atoms with Gasteiger partial charge in [0.2, 0.25) is 0 Å². The number of hydrogen-bond acceptors (Lipinski definition) is 8. The van der Waals surface area contributed by atoms with Crippen molar-refractivity contribution >= 4 is 50.9 Å². The lowest BCUT2D eigenvalue weighted by Gasteiger charge is -2.26. The zero-order valence-corrected chi connectivity index (χ0v) is 27.0. The van der Waals surface area contributed by atoms with Crippen LogP contribution in [-0.2, 0) is 16.1 Å². The number of fused-ring (bicyclic) bond motifs is 1. The molecule has 1 aliphatic heterocycles. The third-order valence-electron chi connectivity index (χ3n) is 6.79. The van der Waals surface area contributed by atoms with Crippen molar-refractivity contribution in [2.45, 2.75) is 26.5 Å². The van der Waals surface area contributed by atoms with E-state index < -0.39 is 12.0 Å². The van der Waals surface area contributed by atoms with E-state index in [1.54, 1.807) is 39.2 Å². The van der Waals surface area contributed by atoms with E-state index in [-0.39, 0.29) is 17.7 Å². The molecule has 11 heteroatoms. The minimum atomic E-state index is -0.811. The van der Waals surface area contributed by atoms with Crippen LogP contribution in [0.25, 0.3) is 6.08 Å². The second kappa shape index (κ2) is 13.2. The summed E-state index contributed by atoms with van der Waals surface area (Å²) in [6, 6.07) is 17.6. The second-order valence-electron chi connectivity index (χ2n) is 9.52. The lowest BCUT2D eigenvalue weighted by Crippen LogP contribution is -2.40. The normalized spacial score (nSPS) is 14.7. The van der Waals surface area contributed by atoms with E-state index in [9.17, 15) is 9.59 Å². The van der Waals surface area contributed by atoms with Gasteiger partial charge in [0.15, 0.2) is 16.3 Å². The molecule has 0 radical (unpaired) electrons. The van der Waals surface area contributed by atoms with Crippen LogP contribution in [0.1, 0.15) is 36.6 Å². The SMILES string of the molecule is CCOC(=O)C1=C(C)N=c2s/c(=C\c3ccc(OCc4cccc(Cl)c4)cc3)c(=O)n2[C@H]1c1cc(OC)c(OC)cc1Br. The molecule has 0 amide bonds. The Balaban J connectivity index is 1.55. The van der Waals surface area contributed by atoms with Gasteiger partial charge in [-0.15, -0.1) is 0 Å². The number of rotatable bonds is 9. The summed E-state index contributed by atoms with van der Waals surface area (Å²) in [5.74, 6) is 1.10. The largest absolute Gasteiger partial charge is 0.493 e. The zero-order chi connectivity index (χ0) is 30.7. The Kier molecular flexibility index (Phi) is 9.39. The van der Waals surface area contributed by atoms with Crippen LogP contribution >= 0.6 is 38.9 Å². The lowest BCUT2D eigenvalue weighted by atomic mass is 9.95. The van der Waals surface area contributed by atoms with Crippen LogP contribution in [-0.4, -0.2) is 31.4 Å². The summed E-state index contributed by atoms with van der Waals surface area (Å²) in [4.78, 5) is 32.3. The minimum absolute atomic E-state index is 0.179. The molecule has 222 valence electrons. The molecule has 0 aliphatic carbocycles. The molecular formula is C32H28BrClN2O6S. The number of nitrogens with zero attached hydrogens (tertiary/aromatic N) is 2. The highest BCUT2D eigenvalue weighted by atomic mass is 79.9. The van der Waals surface area contributed by atoms with Crippen LogP contribution in [0.4, 0.5) is 0 Å². The number of carbonyl (C=O) groups excluding carboxylic acids is 1. The van der Waals surface area contributed by atoms with Gasteiger partial charge in [-0.25, -0.2) is 9.79 Å². The Morgan fingerprint density at radius 3 is 2.49 bits per heavy atom. The van der Waals surface area contributed by atoms with Crippen LogP contribution in [0.2, 0.25) is 5.02 Å². The van der Waals surface area contributed by atoms with Gasteiger partial charge in [-0.3, -0.25) is 9.36 Å². The Bertz CT molecular complexity index is 1900. The summed E-state index contributed by atoms with van der Waals surface area (Å²) in [6.45, 7) is 4.04.